The highest BCUT2D eigenvalue weighted by Crippen LogP contribution is 2.15. The van der Waals surface area contributed by atoms with Gasteiger partial charge in [-0.1, -0.05) is 11.8 Å². The molecule has 0 aromatic carbocycles. The number of thioether (sulfide) groups is 1. The lowest BCUT2D eigenvalue weighted by Crippen LogP contribution is -2.19. The van der Waals surface area contributed by atoms with E-state index in [-0.39, 0.29) is 6.61 Å². The van der Waals surface area contributed by atoms with Crippen LogP contribution in [0.4, 0.5) is 0 Å². The van der Waals surface area contributed by atoms with Crippen molar-refractivity contribution >= 4 is 23.1 Å². The van der Waals surface area contributed by atoms with Crippen molar-refractivity contribution in [3.63, 3.8) is 0 Å². The first-order chi connectivity index (χ1) is 7.76. The van der Waals surface area contributed by atoms with Gasteiger partial charge in [-0.05, 0) is 19.4 Å². The van der Waals surface area contributed by atoms with Crippen molar-refractivity contribution in [1.82, 2.24) is 4.90 Å². The van der Waals surface area contributed by atoms with Crippen molar-refractivity contribution in [1.29, 1.82) is 0 Å². The van der Waals surface area contributed by atoms with Gasteiger partial charge in [0.25, 0.3) is 0 Å². The van der Waals surface area contributed by atoms with Crippen LogP contribution in [0.3, 0.4) is 0 Å². The van der Waals surface area contributed by atoms with Gasteiger partial charge in [0, 0.05) is 34.7 Å². The lowest BCUT2D eigenvalue weighted by molar-refractivity contribution is 0.350. The molecule has 0 saturated heterocycles. The van der Waals surface area contributed by atoms with E-state index < -0.39 is 0 Å². The summed E-state index contributed by atoms with van der Waals surface area (Å²) in [6.07, 6.45) is 2.13. The third-order valence-electron chi connectivity index (χ3n) is 2.07. The Hall–Kier alpha value is -0.470. The molecule has 1 heterocycles. The van der Waals surface area contributed by atoms with E-state index in [0.717, 1.165) is 18.7 Å². The second kappa shape index (κ2) is 7.75. The predicted molar refractivity (Wildman–Crippen MR) is 73.0 cm³/mol. The van der Waals surface area contributed by atoms with E-state index in [1.807, 2.05) is 17.1 Å². The van der Waals surface area contributed by atoms with Crippen molar-refractivity contribution in [2.45, 2.75) is 6.54 Å². The molecule has 88 valence electrons. The summed E-state index contributed by atoms with van der Waals surface area (Å²) in [5, 5.41) is 10.6. The molecule has 0 fully saturated rings. The highest BCUT2D eigenvalue weighted by molar-refractivity contribution is 7.98. The highest BCUT2D eigenvalue weighted by atomic mass is 32.2. The Balaban J connectivity index is 2.45. The molecule has 2 nitrogen and oxygen atoms in total. The summed E-state index contributed by atoms with van der Waals surface area (Å²) >= 11 is 3.60. The van der Waals surface area contributed by atoms with Crippen molar-refractivity contribution in [2.75, 3.05) is 32.2 Å². The number of hydrogen-bond acceptors (Lipinski definition) is 4. The average Bonchev–Trinajstić information content (AvgIpc) is 2.71. The summed E-state index contributed by atoms with van der Waals surface area (Å²) in [4.78, 5) is 3.64. The van der Waals surface area contributed by atoms with E-state index in [1.54, 1.807) is 11.3 Å². The first-order valence-electron chi connectivity index (χ1n) is 5.11. The lowest BCUT2D eigenvalue weighted by Gasteiger charge is -2.14. The van der Waals surface area contributed by atoms with E-state index >= 15 is 0 Å². The van der Waals surface area contributed by atoms with Crippen LogP contribution >= 0.6 is 23.1 Å². The number of nitrogens with zero attached hydrogens (tertiary/aromatic N) is 1. The molecule has 16 heavy (non-hydrogen) atoms. The molecule has 1 aromatic rings. The molecular weight excluding hydrogens is 238 g/mol. The zero-order chi connectivity index (χ0) is 11.8. The van der Waals surface area contributed by atoms with E-state index in [4.69, 9.17) is 5.11 Å². The molecule has 0 amide bonds. The Labute approximate surface area is 106 Å². The number of thiophene rings is 1. The van der Waals surface area contributed by atoms with E-state index in [1.165, 1.54) is 10.6 Å². The van der Waals surface area contributed by atoms with Crippen molar-refractivity contribution in [3.05, 3.63) is 21.9 Å². The van der Waals surface area contributed by atoms with Crippen LogP contribution in [0.25, 0.3) is 0 Å². The minimum atomic E-state index is -0.0706. The van der Waals surface area contributed by atoms with E-state index in [2.05, 4.69) is 36.1 Å². The van der Waals surface area contributed by atoms with Gasteiger partial charge in [-0.25, -0.2) is 0 Å². The molecule has 0 aliphatic heterocycles. The monoisotopic (exact) mass is 255 g/mol. The lowest BCUT2D eigenvalue weighted by atomic mass is 10.3. The molecule has 0 aliphatic carbocycles. The van der Waals surface area contributed by atoms with Gasteiger partial charge < -0.3 is 10.0 Å². The molecule has 4 heteroatoms. The number of aliphatic hydroxyl groups excluding tert-OH is 1. The fourth-order valence-electron chi connectivity index (χ4n) is 1.26. The Bertz CT molecular complexity index is 365. The fourth-order valence-corrected chi connectivity index (χ4v) is 2.65. The third kappa shape index (κ3) is 5.04. The zero-order valence-corrected chi connectivity index (χ0v) is 11.3. The molecular formula is C12H17NOS2. The minimum absolute atomic E-state index is 0.0706. The molecule has 0 radical (unpaired) electrons. The standard InChI is InChI=1S/C12H17NOS2/c1-13(5-7-15-2)9-12-8-11(10-16-12)4-3-6-14/h8,10,14H,5-7,9H2,1-2H3. The number of hydrogen-bond donors (Lipinski definition) is 1. The van der Waals surface area contributed by atoms with Crippen LogP contribution in [-0.4, -0.2) is 42.2 Å². The molecule has 1 aromatic heterocycles. The largest absolute Gasteiger partial charge is 0.384 e. The molecule has 0 aliphatic rings. The van der Waals surface area contributed by atoms with Crippen LogP contribution in [0, 0.1) is 11.8 Å². The molecule has 0 unspecified atom stereocenters. The Morgan fingerprint density at radius 1 is 1.56 bits per heavy atom. The van der Waals surface area contributed by atoms with Crippen LogP contribution in [0.1, 0.15) is 10.4 Å². The van der Waals surface area contributed by atoms with Crippen molar-refractivity contribution in [2.24, 2.45) is 0 Å². The smallest absolute Gasteiger partial charge is 0.104 e. The van der Waals surface area contributed by atoms with Crippen LogP contribution in [0.2, 0.25) is 0 Å². The Morgan fingerprint density at radius 2 is 2.38 bits per heavy atom. The van der Waals surface area contributed by atoms with Crippen molar-refractivity contribution in [3.8, 4) is 11.8 Å². The first kappa shape index (κ1) is 13.6. The van der Waals surface area contributed by atoms with E-state index in [0.29, 0.717) is 0 Å². The van der Waals surface area contributed by atoms with Gasteiger partial charge in [0.1, 0.15) is 6.61 Å². The summed E-state index contributed by atoms with van der Waals surface area (Å²) in [5.41, 5.74) is 1.01. The highest BCUT2D eigenvalue weighted by Gasteiger charge is 2.02. The molecule has 0 atom stereocenters. The fraction of sp³-hybridized carbons (Fsp3) is 0.500. The van der Waals surface area contributed by atoms with Crippen molar-refractivity contribution < 1.29 is 5.11 Å². The van der Waals surface area contributed by atoms with Crippen LogP contribution in [-0.2, 0) is 6.54 Å². The maximum absolute atomic E-state index is 8.60. The van der Waals surface area contributed by atoms with Crippen LogP contribution in [0.15, 0.2) is 11.4 Å². The predicted octanol–water partition coefficient (Wildman–Crippen LogP) is 1.89. The second-order valence-corrected chi connectivity index (χ2v) is 5.47. The first-order valence-corrected chi connectivity index (χ1v) is 7.38. The summed E-state index contributed by atoms with van der Waals surface area (Å²) in [7, 11) is 2.13. The summed E-state index contributed by atoms with van der Waals surface area (Å²) in [5.74, 6) is 6.75. The van der Waals surface area contributed by atoms with Crippen LogP contribution < -0.4 is 0 Å². The molecule has 1 rings (SSSR count). The Kier molecular flexibility index (Phi) is 6.58. The van der Waals surface area contributed by atoms with Gasteiger partial charge in [0.15, 0.2) is 0 Å². The molecule has 1 N–H and O–H groups in total. The minimum Gasteiger partial charge on any atom is -0.384 e. The average molecular weight is 255 g/mol. The molecule has 0 bridgehead atoms. The Morgan fingerprint density at radius 3 is 3.06 bits per heavy atom. The van der Waals surface area contributed by atoms with Gasteiger partial charge in [-0.2, -0.15) is 11.8 Å². The zero-order valence-electron chi connectivity index (χ0n) is 9.69. The normalized spacial score (nSPS) is 10.2. The number of rotatable bonds is 5. The van der Waals surface area contributed by atoms with Gasteiger partial charge in [0.05, 0.1) is 0 Å². The van der Waals surface area contributed by atoms with Gasteiger partial charge in [-0.15, -0.1) is 11.3 Å². The quantitative estimate of drug-likeness (QED) is 0.813. The maximum atomic E-state index is 8.60. The van der Waals surface area contributed by atoms with E-state index in [9.17, 15) is 0 Å². The summed E-state index contributed by atoms with van der Waals surface area (Å²) in [6, 6.07) is 2.10. The second-order valence-electron chi connectivity index (χ2n) is 3.49. The third-order valence-corrected chi connectivity index (χ3v) is 3.58. The van der Waals surface area contributed by atoms with Gasteiger partial charge >= 0.3 is 0 Å². The summed E-state index contributed by atoms with van der Waals surface area (Å²) in [6.45, 7) is 2.02. The SMILES string of the molecule is CSCCN(C)Cc1cc(C#CCO)cs1. The molecule has 0 spiro atoms. The van der Waals surface area contributed by atoms with Gasteiger partial charge in [0.2, 0.25) is 0 Å². The number of aliphatic hydroxyl groups is 1. The van der Waals surface area contributed by atoms with Gasteiger partial charge in [-0.3, -0.25) is 0 Å². The molecule has 0 saturated carbocycles. The maximum Gasteiger partial charge on any atom is 0.104 e. The topological polar surface area (TPSA) is 23.5 Å². The summed E-state index contributed by atoms with van der Waals surface area (Å²) < 4.78 is 0. The van der Waals surface area contributed by atoms with Crippen LogP contribution in [0.5, 0.6) is 0 Å².